The van der Waals surface area contributed by atoms with Crippen molar-refractivity contribution < 1.29 is 9.53 Å². The van der Waals surface area contributed by atoms with Gasteiger partial charge >= 0.3 is 0 Å². The summed E-state index contributed by atoms with van der Waals surface area (Å²) in [4.78, 5) is 12.0. The van der Waals surface area contributed by atoms with Gasteiger partial charge in [-0.05, 0) is 26.7 Å². The lowest BCUT2D eigenvalue weighted by Gasteiger charge is -2.12. The molecule has 1 amide bonds. The summed E-state index contributed by atoms with van der Waals surface area (Å²) in [6, 6.07) is 0. The minimum Gasteiger partial charge on any atom is -0.364 e. The van der Waals surface area contributed by atoms with E-state index in [4.69, 9.17) is 10.5 Å². The molecule has 2 heterocycles. The highest BCUT2D eigenvalue weighted by Crippen LogP contribution is 2.22. The molecular formula is C11H18N4O2. The average molecular weight is 238 g/mol. The number of hydrogen-bond acceptors (Lipinski definition) is 4. The zero-order valence-electron chi connectivity index (χ0n) is 10.1. The molecule has 94 valence electrons. The first-order chi connectivity index (χ1) is 8.11. The predicted molar refractivity (Wildman–Crippen MR) is 63.6 cm³/mol. The smallest absolute Gasteiger partial charge is 0.253 e. The fourth-order valence-electron chi connectivity index (χ4n) is 2.01. The van der Waals surface area contributed by atoms with E-state index < -0.39 is 6.10 Å². The van der Waals surface area contributed by atoms with Gasteiger partial charge < -0.3 is 15.8 Å². The number of nitrogens with zero attached hydrogens (tertiary/aromatic N) is 1. The number of anilines is 1. The van der Waals surface area contributed by atoms with Crippen molar-refractivity contribution >= 4 is 11.6 Å². The third kappa shape index (κ3) is 2.48. The van der Waals surface area contributed by atoms with Crippen molar-refractivity contribution in [3.63, 3.8) is 0 Å². The van der Waals surface area contributed by atoms with Gasteiger partial charge in [0.05, 0.1) is 23.2 Å². The summed E-state index contributed by atoms with van der Waals surface area (Å²) in [5, 5.41) is 9.70. The van der Waals surface area contributed by atoms with Gasteiger partial charge in [-0.2, -0.15) is 5.10 Å². The highest BCUT2D eigenvalue weighted by atomic mass is 16.5. The second kappa shape index (κ2) is 4.85. The Morgan fingerprint density at radius 3 is 2.88 bits per heavy atom. The summed E-state index contributed by atoms with van der Waals surface area (Å²) in [6.07, 6.45) is 1.19. The molecule has 1 aliphatic heterocycles. The van der Waals surface area contributed by atoms with Crippen LogP contribution in [-0.2, 0) is 9.53 Å². The van der Waals surface area contributed by atoms with E-state index in [0.29, 0.717) is 6.54 Å². The normalized spacial score (nSPS) is 23.9. The molecule has 0 aliphatic carbocycles. The van der Waals surface area contributed by atoms with Crippen molar-refractivity contribution in [2.75, 3.05) is 11.9 Å². The number of carbonyl (C=O) groups is 1. The standard InChI is InChI=1S/C11H18N4O2/c1-6-10(7(2)15-14-6)13-11(16)9-4-3-8(5-12)17-9/h8-9H,3-5,12H2,1-2H3,(H,13,16)(H,14,15). The molecule has 6 nitrogen and oxygen atoms in total. The molecule has 0 spiro atoms. The van der Waals surface area contributed by atoms with Gasteiger partial charge in [-0.3, -0.25) is 9.89 Å². The minimum absolute atomic E-state index is 0.0114. The van der Waals surface area contributed by atoms with Crippen LogP contribution >= 0.6 is 0 Å². The highest BCUT2D eigenvalue weighted by molar-refractivity contribution is 5.95. The van der Waals surface area contributed by atoms with Crippen LogP contribution in [-0.4, -0.2) is 34.9 Å². The third-order valence-corrected chi connectivity index (χ3v) is 3.04. The van der Waals surface area contributed by atoms with Gasteiger partial charge in [0, 0.05) is 6.54 Å². The lowest BCUT2D eigenvalue weighted by molar-refractivity contribution is -0.126. The molecule has 1 fully saturated rings. The van der Waals surface area contributed by atoms with Crippen molar-refractivity contribution in [3.05, 3.63) is 11.4 Å². The zero-order chi connectivity index (χ0) is 12.4. The number of carbonyl (C=O) groups excluding carboxylic acids is 1. The summed E-state index contributed by atoms with van der Waals surface area (Å²) in [7, 11) is 0. The number of amides is 1. The molecule has 1 aliphatic rings. The molecule has 0 aromatic carbocycles. The van der Waals surface area contributed by atoms with Crippen LogP contribution in [0.4, 0.5) is 5.69 Å². The summed E-state index contributed by atoms with van der Waals surface area (Å²) in [6.45, 7) is 4.18. The largest absolute Gasteiger partial charge is 0.364 e. The van der Waals surface area contributed by atoms with Gasteiger partial charge in [-0.15, -0.1) is 0 Å². The fourth-order valence-corrected chi connectivity index (χ4v) is 2.01. The van der Waals surface area contributed by atoms with Gasteiger partial charge in [-0.1, -0.05) is 0 Å². The Morgan fingerprint density at radius 1 is 1.59 bits per heavy atom. The Labute approximate surface area is 99.9 Å². The summed E-state index contributed by atoms with van der Waals surface area (Å²) in [5.41, 5.74) is 7.89. The molecule has 17 heavy (non-hydrogen) atoms. The molecule has 0 bridgehead atoms. The van der Waals surface area contributed by atoms with Crippen molar-refractivity contribution in [1.29, 1.82) is 0 Å². The molecular weight excluding hydrogens is 220 g/mol. The van der Waals surface area contributed by atoms with Gasteiger partial charge in [0.1, 0.15) is 6.10 Å². The highest BCUT2D eigenvalue weighted by Gasteiger charge is 2.30. The number of nitrogens with two attached hydrogens (primary N) is 1. The van der Waals surface area contributed by atoms with Crippen molar-refractivity contribution in [3.8, 4) is 0 Å². The Morgan fingerprint density at radius 2 is 2.35 bits per heavy atom. The van der Waals surface area contributed by atoms with Gasteiger partial charge in [0.25, 0.3) is 5.91 Å². The van der Waals surface area contributed by atoms with Gasteiger partial charge in [-0.25, -0.2) is 0 Å². The zero-order valence-corrected chi connectivity index (χ0v) is 10.1. The van der Waals surface area contributed by atoms with E-state index in [0.717, 1.165) is 29.9 Å². The maximum atomic E-state index is 12.0. The number of aromatic nitrogens is 2. The van der Waals surface area contributed by atoms with E-state index in [9.17, 15) is 4.79 Å². The van der Waals surface area contributed by atoms with E-state index in [1.54, 1.807) is 0 Å². The van der Waals surface area contributed by atoms with Crippen LogP contribution in [0.15, 0.2) is 0 Å². The quantitative estimate of drug-likeness (QED) is 0.713. The second-order valence-corrected chi connectivity index (χ2v) is 4.36. The van der Waals surface area contributed by atoms with E-state index >= 15 is 0 Å². The molecule has 2 unspecified atom stereocenters. The van der Waals surface area contributed by atoms with Crippen LogP contribution < -0.4 is 11.1 Å². The van der Waals surface area contributed by atoms with Crippen molar-refractivity contribution in [1.82, 2.24) is 10.2 Å². The average Bonchev–Trinajstić information content (AvgIpc) is 2.90. The fraction of sp³-hybridized carbons (Fsp3) is 0.636. The molecule has 1 aromatic heterocycles. The Balaban J connectivity index is 1.98. The Bertz CT molecular complexity index is 396. The summed E-state index contributed by atoms with van der Waals surface area (Å²) < 4.78 is 5.53. The van der Waals surface area contributed by atoms with Gasteiger partial charge in [0.2, 0.25) is 0 Å². The van der Waals surface area contributed by atoms with Crippen LogP contribution in [0.2, 0.25) is 0 Å². The predicted octanol–water partition coefficient (Wildman–Crippen LogP) is 0.471. The van der Waals surface area contributed by atoms with Crippen molar-refractivity contribution in [2.45, 2.75) is 38.9 Å². The molecule has 1 saturated heterocycles. The van der Waals surface area contributed by atoms with E-state index in [1.165, 1.54) is 0 Å². The molecule has 2 rings (SSSR count). The molecule has 2 atom stereocenters. The topological polar surface area (TPSA) is 93.0 Å². The first-order valence-corrected chi connectivity index (χ1v) is 5.79. The number of nitrogens with one attached hydrogen (secondary N) is 2. The Hall–Kier alpha value is -1.40. The molecule has 6 heteroatoms. The van der Waals surface area contributed by atoms with E-state index in [-0.39, 0.29) is 12.0 Å². The van der Waals surface area contributed by atoms with E-state index in [2.05, 4.69) is 15.5 Å². The molecule has 0 radical (unpaired) electrons. The van der Waals surface area contributed by atoms with Crippen LogP contribution in [0.25, 0.3) is 0 Å². The number of hydrogen-bond donors (Lipinski definition) is 3. The second-order valence-electron chi connectivity index (χ2n) is 4.36. The van der Waals surface area contributed by atoms with Gasteiger partial charge in [0.15, 0.2) is 0 Å². The van der Waals surface area contributed by atoms with Crippen molar-refractivity contribution in [2.24, 2.45) is 5.73 Å². The van der Waals surface area contributed by atoms with Crippen LogP contribution in [0.1, 0.15) is 24.2 Å². The number of H-pyrrole nitrogens is 1. The SMILES string of the molecule is Cc1n[nH]c(C)c1NC(=O)C1CCC(CN)O1. The van der Waals surface area contributed by atoms with Crippen LogP contribution in [0.5, 0.6) is 0 Å². The number of aromatic amines is 1. The summed E-state index contributed by atoms with van der Waals surface area (Å²) >= 11 is 0. The monoisotopic (exact) mass is 238 g/mol. The number of rotatable bonds is 3. The molecule has 4 N–H and O–H groups in total. The third-order valence-electron chi connectivity index (χ3n) is 3.04. The maximum Gasteiger partial charge on any atom is 0.253 e. The molecule has 1 aromatic rings. The van der Waals surface area contributed by atoms with Crippen LogP contribution in [0, 0.1) is 13.8 Å². The first kappa shape index (κ1) is 12.1. The summed E-state index contributed by atoms with van der Waals surface area (Å²) in [5.74, 6) is -0.117. The lowest BCUT2D eigenvalue weighted by atomic mass is 10.2. The Kier molecular flexibility index (Phi) is 3.44. The minimum atomic E-state index is -0.391. The first-order valence-electron chi connectivity index (χ1n) is 5.79. The number of aryl methyl sites for hydroxylation is 2. The van der Waals surface area contributed by atoms with E-state index in [1.807, 2.05) is 13.8 Å². The number of ether oxygens (including phenoxy) is 1. The maximum absolute atomic E-state index is 12.0. The van der Waals surface area contributed by atoms with Crippen LogP contribution in [0.3, 0.4) is 0 Å². The molecule has 0 saturated carbocycles. The lowest BCUT2D eigenvalue weighted by Crippen LogP contribution is -2.30.